The Kier molecular flexibility index (Phi) is 18.1. The minimum atomic E-state index is 0.951. The van der Waals surface area contributed by atoms with Crippen LogP contribution < -0.4 is 0 Å². The van der Waals surface area contributed by atoms with Crippen LogP contribution in [-0.4, -0.2) is 0 Å². The van der Waals surface area contributed by atoms with Gasteiger partial charge in [0.1, 0.15) is 0 Å². The molecule has 1 unspecified atom stereocenters. The molecule has 0 saturated carbocycles. The lowest BCUT2D eigenvalue weighted by Gasteiger charge is -2.07. The topological polar surface area (TPSA) is 0 Å². The quantitative estimate of drug-likeness (QED) is 0.237. The molecule has 0 aromatic rings. The van der Waals surface area contributed by atoms with E-state index in [1.54, 1.807) is 0 Å². The van der Waals surface area contributed by atoms with Crippen molar-refractivity contribution < 1.29 is 0 Å². The van der Waals surface area contributed by atoms with E-state index in [9.17, 15) is 0 Å². The molecular formula is C21H44. The van der Waals surface area contributed by atoms with Crippen molar-refractivity contribution in [1.29, 1.82) is 0 Å². The molecule has 0 nitrogen and oxygen atoms in total. The Morgan fingerprint density at radius 1 is 0.476 bits per heavy atom. The molecule has 0 aromatic heterocycles. The van der Waals surface area contributed by atoms with Crippen molar-refractivity contribution in [3.05, 3.63) is 0 Å². The SMILES string of the molecule is CCCCCCCCCCCCCCCCCC(C)CC. The molecule has 0 N–H and O–H groups in total. The second-order valence-corrected chi connectivity index (χ2v) is 7.25. The smallest absolute Gasteiger partial charge is 0.0445 e. The maximum atomic E-state index is 2.39. The van der Waals surface area contributed by atoms with Gasteiger partial charge in [0.25, 0.3) is 0 Å². The fraction of sp³-hybridized carbons (Fsp3) is 1.00. The normalized spacial score (nSPS) is 12.7. The first kappa shape index (κ1) is 21.0. The van der Waals surface area contributed by atoms with E-state index < -0.39 is 0 Å². The van der Waals surface area contributed by atoms with E-state index in [-0.39, 0.29) is 0 Å². The van der Waals surface area contributed by atoms with Crippen LogP contribution in [0.1, 0.15) is 130 Å². The van der Waals surface area contributed by atoms with Gasteiger partial charge >= 0.3 is 0 Å². The summed E-state index contributed by atoms with van der Waals surface area (Å²) < 4.78 is 0. The van der Waals surface area contributed by atoms with Crippen molar-refractivity contribution in [3.63, 3.8) is 0 Å². The highest BCUT2D eigenvalue weighted by Crippen LogP contribution is 2.15. The van der Waals surface area contributed by atoms with Gasteiger partial charge in [-0.15, -0.1) is 0 Å². The summed E-state index contributed by atoms with van der Waals surface area (Å²) in [7, 11) is 0. The second kappa shape index (κ2) is 18.1. The van der Waals surface area contributed by atoms with E-state index in [0.717, 1.165) is 5.92 Å². The Balaban J connectivity index is 2.96. The molecular weight excluding hydrogens is 252 g/mol. The lowest BCUT2D eigenvalue weighted by atomic mass is 9.99. The van der Waals surface area contributed by atoms with Crippen molar-refractivity contribution in [3.8, 4) is 0 Å². The first-order chi connectivity index (χ1) is 10.3. The maximum absolute atomic E-state index is 2.39. The fourth-order valence-electron chi connectivity index (χ4n) is 3.07. The van der Waals surface area contributed by atoms with Crippen LogP contribution in [-0.2, 0) is 0 Å². The van der Waals surface area contributed by atoms with Gasteiger partial charge < -0.3 is 0 Å². The largest absolute Gasteiger partial charge is 0.0654 e. The van der Waals surface area contributed by atoms with Crippen molar-refractivity contribution >= 4 is 0 Å². The molecule has 0 amide bonds. The zero-order valence-corrected chi connectivity index (χ0v) is 15.6. The average molecular weight is 297 g/mol. The van der Waals surface area contributed by atoms with Crippen LogP contribution in [0.2, 0.25) is 0 Å². The van der Waals surface area contributed by atoms with Crippen LogP contribution in [0.5, 0.6) is 0 Å². The summed E-state index contributed by atoms with van der Waals surface area (Å²) in [5, 5.41) is 0. The van der Waals surface area contributed by atoms with Crippen LogP contribution >= 0.6 is 0 Å². The van der Waals surface area contributed by atoms with Gasteiger partial charge in [-0.3, -0.25) is 0 Å². The Hall–Kier alpha value is 0. The van der Waals surface area contributed by atoms with Gasteiger partial charge in [-0.2, -0.15) is 0 Å². The van der Waals surface area contributed by atoms with E-state index >= 15 is 0 Å². The van der Waals surface area contributed by atoms with Crippen molar-refractivity contribution in [2.45, 2.75) is 130 Å². The van der Waals surface area contributed by atoms with Gasteiger partial charge in [0.05, 0.1) is 0 Å². The summed E-state index contributed by atoms with van der Waals surface area (Å²) in [6.45, 7) is 7.01. The molecule has 21 heavy (non-hydrogen) atoms. The van der Waals surface area contributed by atoms with E-state index in [0.29, 0.717) is 0 Å². The summed E-state index contributed by atoms with van der Waals surface area (Å²) >= 11 is 0. The molecule has 0 radical (unpaired) electrons. The molecule has 0 aliphatic heterocycles. The standard InChI is InChI=1S/C21H44/c1-4-6-7-8-9-10-11-12-13-14-15-16-17-18-19-20-21(3)5-2/h21H,4-20H2,1-3H3. The van der Waals surface area contributed by atoms with Gasteiger partial charge in [-0.05, 0) is 5.92 Å². The highest BCUT2D eigenvalue weighted by molar-refractivity contribution is 4.52. The Morgan fingerprint density at radius 2 is 0.810 bits per heavy atom. The van der Waals surface area contributed by atoms with Crippen LogP contribution in [0.3, 0.4) is 0 Å². The number of hydrogen-bond donors (Lipinski definition) is 0. The minimum absolute atomic E-state index is 0.951. The molecule has 0 aliphatic rings. The molecule has 0 spiro atoms. The zero-order chi connectivity index (χ0) is 15.6. The first-order valence-electron chi connectivity index (χ1n) is 10.3. The fourth-order valence-corrected chi connectivity index (χ4v) is 3.07. The number of unbranched alkanes of at least 4 members (excludes halogenated alkanes) is 14. The second-order valence-electron chi connectivity index (χ2n) is 7.25. The maximum Gasteiger partial charge on any atom is -0.0445 e. The predicted molar refractivity (Wildman–Crippen MR) is 99.0 cm³/mol. The Labute approximate surface area is 136 Å². The third kappa shape index (κ3) is 18.0. The van der Waals surface area contributed by atoms with Gasteiger partial charge in [-0.25, -0.2) is 0 Å². The van der Waals surface area contributed by atoms with Crippen LogP contribution in [0.4, 0.5) is 0 Å². The van der Waals surface area contributed by atoms with E-state index in [1.807, 2.05) is 0 Å². The molecule has 0 rings (SSSR count). The summed E-state index contributed by atoms with van der Waals surface area (Å²) in [5.41, 5.74) is 0. The van der Waals surface area contributed by atoms with Gasteiger partial charge in [0.15, 0.2) is 0 Å². The monoisotopic (exact) mass is 296 g/mol. The molecule has 0 bridgehead atoms. The van der Waals surface area contributed by atoms with Crippen molar-refractivity contribution in [2.24, 2.45) is 5.92 Å². The lowest BCUT2D eigenvalue weighted by molar-refractivity contribution is 0.468. The van der Waals surface area contributed by atoms with E-state index in [4.69, 9.17) is 0 Å². The first-order valence-corrected chi connectivity index (χ1v) is 10.3. The lowest BCUT2D eigenvalue weighted by Crippen LogP contribution is -1.91. The minimum Gasteiger partial charge on any atom is -0.0654 e. The molecule has 0 heteroatoms. The third-order valence-corrected chi connectivity index (χ3v) is 5.00. The Morgan fingerprint density at radius 3 is 1.14 bits per heavy atom. The predicted octanol–water partition coefficient (Wildman–Crippen LogP) is 8.29. The van der Waals surface area contributed by atoms with Gasteiger partial charge in [-0.1, -0.05) is 130 Å². The molecule has 0 heterocycles. The summed E-state index contributed by atoms with van der Waals surface area (Å²) in [6, 6.07) is 0. The zero-order valence-electron chi connectivity index (χ0n) is 15.6. The highest BCUT2D eigenvalue weighted by Gasteiger charge is 1.98. The summed E-state index contributed by atoms with van der Waals surface area (Å²) in [6.07, 6.45) is 24.9. The molecule has 0 aliphatic carbocycles. The van der Waals surface area contributed by atoms with Crippen LogP contribution in [0, 0.1) is 5.92 Å². The average Bonchev–Trinajstić information content (AvgIpc) is 2.50. The number of rotatable bonds is 17. The number of hydrogen-bond acceptors (Lipinski definition) is 0. The molecule has 0 aromatic carbocycles. The van der Waals surface area contributed by atoms with Crippen molar-refractivity contribution in [2.75, 3.05) is 0 Å². The van der Waals surface area contributed by atoms with Gasteiger partial charge in [0.2, 0.25) is 0 Å². The Bertz CT molecular complexity index is 173. The summed E-state index contributed by atoms with van der Waals surface area (Å²) in [5.74, 6) is 0.951. The summed E-state index contributed by atoms with van der Waals surface area (Å²) in [4.78, 5) is 0. The molecule has 0 fully saturated rings. The molecule has 0 saturated heterocycles. The van der Waals surface area contributed by atoms with Crippen LogP contribution in [0.15, 0.2) is 0 Å². The van der Waals surface area contributed by atoms with Crippen LogP contribution in [0.25, 0.3) is 0 Å². The van der Waals surface area contributed by atoms with Gasteiger partial charge in [0, 0.05) is 0 Å². The third-order valence-electron chi connectivity index (χ3n) is 5.00. The van der Waals surface area contributed by atoms with E-state index in [2.05, 4.69) is 20.8 Å². The molecule has 128 valence electrons. The van der Waals surface area contributed by atoms with E-state index in [1.165, 1.54) is 109 Å². The van der Waals surface area contributed by atoms with Crippen molar-refractivity contribution in [1.82, 2.24) is 0 Å². The highest BCUT2D eigenvalue weighted by atomic mass is 14.0. The molecule has 1 atom stereocenters.